The molecule has 8 heteroatoms. The number of amides is 3. The molecule has 1 rings (SSSR count). The molecule has 4 N–H and O–H groups in total. The molecule has 0 aliphatic rings. The Morgan fingerprint density at radius 2 is 1.80 bits per heavy atom. The number of carbonyl (C=O) groups is 3. The van der Waals surface area contributed by atoms with E-state index >= 15 is 0 Å². The molecular weight excluding hydrogens is 344 g/mol. The van der Waals surface area contributed by atoms with Crippen molar-refractivity contribution in [2.24, 2.45) is 11.7 Å². The predicted octanol–water partition coefficient (Wildman–Crippen LogP) is 1.16. The maximum atomic E-state index is 12.0. The van der Waals surface area contributed by atoms with Crippen LogP contribution >= 0.6 is 12.4 Å². The summed E-state index contributed by atoms with van der Waals surface area (Å²) < 4.78 is 0. The predicted molar refractivity (Wildman–Crippen MR) is 101 cm³/mol. The van der Waals surface area contributed by atoms with Gasteiger partial charge in [-0.15, -0.1) is 12.4 Å². The van der Waals surface area contributed by atoms with Gasteiger partial charge in [0, 0.05) is 25.3 Å². The Labute approximate surface area is 154 Å². The zero-order chi connectivity index (χ0) is 18.4. The molecule has 0 fully saturated rings. The third-order valence-electron chi connectivity index (χ3n) is 3.61. The fourth-order valence-electron chi connectivity index (χ4n) is 1.93. The van der Waals surface area contributed by atoms with Crippen molar-refractivity contribution in [3.63, 3.8) is 0 Å². The first-order chi connectivity index (χ1) is 11.1. The average Bonchev–Trinajstić information content (AvgIpc) is 2.52. The van der Waals surface area contributed by atoms with E-state index in [2.05, 4.69) is 10.6 Å². The lowest BCUT2D eigenvalue weighted by Gasteiger charge is -2.16. The first kappa shape index (κ1) is 22.9. The number of benzene rings is 1. The molecule has 1 aromatic carbocycles. The van der Waals surface area contributed by atoms with Crippen molar-refractivity contribution in [1.29, 1.82) is 0 Å². The second-order valence-electron chi connectivity index (χ2n) is 6.27. The van der Waals surface area contributed by atoms with Gasteiger partial charge >= 0.3 is 0 Å². The molecule has 1 atom stereocenters. The number of hydrogen-bond acceptors (Lipinski definition) is 4. The quantitative estimate of drug-likeness (QED) is 0.698. The van der Waals surface area contributed by atoms with E-state index in [1.165, 1.54) is 4.90 Å². The zero-order valence-electron chi connectivity index (χ0n) is 15.3. The van der Waals surface area contributed by atoms with Gasteiger partial charge in [-0.3, -0.25) is 14.4 Å². The summed E-state index contributed by atoms with van der Waals surface area (Å²) in [6, 6.07) is 4.44. The maximum Gasteiger partial charge on any atom is 0.253 e. The highest BCUT2D eigenvalue weighted by atomic mass is 35.5. The largest absolute Gasteiger partial charge is 0.346 e. The summed E-state index contributed by atoms with van der Waals surface area (Å²) in [5, 5.41) is 5.21. The van der Waals surface area contributed by atoms with E-state index < -0.39 is 6.04 Å². The van der Waals surface area contributed by atoms with E-state index in [4.69, 9.17) is 5.73 Å². The van der Waals surface area contributed by atoms with Crippen molar-refractivity contribution in [2.75, 3.05) is 26.0 Å². The molecule has 0 heterocycles. The van der Waals surface area contributed by atoms with Crippen LogP contribution < -0.4 is 16.4 Å². The van der Waals surface area contributed by atoms with Crippen LogP contribution in [0.5, 0.6) is 0 Å². The van der Waals surface area contributed by atoms with Crippen LogP contribution in [0.1, 0.15) is 29.8 Å². The standard InChI is InChI=1S/C17H26N4O3.ClH/c1-10(2)15(18)16(23)19-9-14(22)20-13-8-12(7-6-11(13)3)17(24)21(4)5;/h6-8,10,15H,9,18H2,1-5H3,(H,19,23)(H,20,22);1H/t15-;/m0./s1. The zero-order valence-corrected chi connectivity index (χ0v) is 16.1. The van der Waals surface area contributed by atoms with Gasteiger partial charge in [0.05, 0.1) is 12.6 Å². The van der Waals surface area contributed by atoms with Gasteiger partial charge in [0.25, 0.3) is 5.91 Å². The Kier molecular flexibility index (Phi) is 9.16. The highest BCUT2D eigenvalue weighted by molar-refractivity contribution is 5.99. The smallest absolute Gasteiger partial charge is 0.253 e. The number of rotatable bonds is 6. The van der Waals surface area contributed by atoms with E-state index in [0.29, 0.717) is 11.3 Å². The topological polar surface area (TPSA) is 105 Å². The van der Waals surface area contributed by atoms with Crippen molar-refractivity contribution in [3.8, 4) is 0 Å². The Bertz CT molecular complexity index is 632. The Balaban J connectivity index is 0.00000576. The minimum absolute atomic E-state index is 0. The van der Waals surface area contributed by atoms with E-state index in [1.54, 1.807) is 32.3 Å². The van der Waals surface area contributed by atoms with Gasteiger partial charge < -0.3 is 21.3 Å². The molecule has 0 saturated carbocycles. The summed E-state index contributed by atoms with van der Waals surface area (Å²) in [6.07, 6.45) is 0. The first-order valence-corrected chi connectivity index (χ1v) is 7.79. The van der Waals surface area contributed by atoms with Gasteiger partial charge in [-0.05, 0) is 30.5 Å². The Hall–Kier alpha value is -2.12. The molecule has 1 aromatic rings. The minimum Gasteiger partial charge on any atom is -0.346 e. The molecule has 0 aliphatic heterocycles. The third kappa shape index (κ3) is 6.72. The number of hydrogen-bond donors (Lipinski definition) is 3. The van der Waals surface area contributed by atoms with Gasteiger partial charge in [0.2, 0.25) is 11.8 Å². The van der Waals surface area contributed by atoms with Gasteiger partial charge in [0.1, 0.15) is 0 Å². The summed E-state index contributed by atoms with van der Waals surface area (Å²) in [4.78, 5) is 37.2. The van der Waals surface area contributed by atoms with Gasteiger partial charge in [-0.25, -0.2) is 0 Å². The summed E-state index contributed by atoms with van der Waals surface area (Å²) >= 11 is 0. The summed E-state index contributed by atoms with van der Waals surface area (Å²) in [6.45, 7) is 5.32. The lowest BCUT2D eigenvalue weighted by molar-refractivity contribution is -0.125. The second-order valence-corrected chi connectivity index (χ2v) is 6.27. The average molecular weight is 371 g/mol. The van der Waals surface area contributed by atoms with E-state index in [0.717, 1.165) is 5.56 Å². The summed E-state index contributed by atoms with van der Waals surface area (Å²) in [5.74, 6) is -0.906. The van der Waals surface area contributed by atoms with Crippen LogP contribution in [0.4, 0.5) is 5.69 Å². The van der Waals surface area contributed by atoms with Crippen LogP contribution in [0.2, 0.25) is 0 Å². The molecule has 0 aromatic heterocycles. The van der Waals surface area contributed by atoms with Crippen LogP contribution in [0.25, 0.3) is 0 Å². The number of anilines is 1. The normalized spacial score (nSPS) is 11.3. The van der Waals surface area contributed by atoms with Crippen molar-refractivity contribution in [3.05, 3.63) is 29.3 Å². The number of nitrogens with one attached hydrogen (secondary N) is 2. The maximum absolute atomic E-state index is 12.0. The highest BCUT2D eigenvalue weighted by Gasteiger charge is 2.18. The monoisotopic (exact) mass is 370 g/mol. The van der Waals surface area contributed by atoms with Crippen LogP contribution in [0.15, 0.2) is 18.2 Å². The van der Waals surface area contributed by atoms with Crippen molar-refractivity contribution < 1.29 is 14.4 Å². The molecular formula is C17H27ClN4O3. The van der Waals surface area contributed by atoms with Crippen molar-refractivity contribution >= 4 is 35.8 Å². The number of aryl methyl sites for hydroxylation is 1. The number of nitrogens with two attached hydrogens (primary N) is 1. The van der Waals surface area contributed by atoms with E-state index in [-0.39, 0.29) is 42.6 Å². The fraction of sp³-hybridized carbons (Fsp3) is 0.471. The molecule has 0 radical (unpaired) electrons. The lowest BCUT2D eigenvalue weighted by atomic mass is 10.1. The number of carbonyl (C=O) groups excluding carboxylic acids is 3. The fourth-order valence-corrected chi connectivity index (χ4v) is 1.93. The molecule has 0 spiro atoms. The molecule has 140 valence electrons. The van der Waals surface area contributed by atoms with E-state index in [1.807, 2.05) is 20.8 Å². The summed E-state index contributed by atoms with van der Waals surface area (Å²) in [7, 11) is 3.32. The second kappa shape index (κ2) is 10.0. The lowest BCUT2D eigenvalue weighted by Crippen LogP contribution is -2.46. The van der Waals surface area contributed by atoms with Gasteiger partial charge in [-0.1, -0.05) is 19.9 Å². The molecule has 0 unspecified atom stereocenters. The molecule has 7 nitrogen and oxygen atoms in total. The van der Waals surface area contributed by atoms with Crippen molar-refractivity contribution in [2.45, 2.75) is 26.8 Å². The van der Waals surface area contributed by atoms with Crippen LogP contribution in [0, 0.1) is 12.8 Å². The SMILES string of the molecule is Cc1ccc(C(=O)N(C)C)cc1NC(=O)CNC(=O)[C@@H](N)C(C)C.Cl. The molecule has 3 amide bonds. The third-order valence-corrected chi connectivity index (χ3v) is 3.61. The Morgan fingerprint density at radius 1 is 1.20 bits per heavy atom. The molecule has 25 heavy (non-hydrogen) atoms. The molecule has 0 saturated heterocycles. The molecule has 0 aliphatic carbocycles. The van der Waals surface area contributed by atoms with Crippen LogP contribution in [-0.4, -0.2) is 49.3 Å². The minimum atomic E-state index is -0.652. The number of nitrogens with zero attached hydrogens (tertiary/aromatic N) is 1. The Morgan fingerprint density at radius 3 is 2.32 bits per heavy atom. The van der Waals surface area contributed by atoms with Gasteiger partial charge in [0.15, 0.2) is 0 Å². The van der Waals surface area contributed by atoms with Crippen LogP contribution in [0.3, 0.4) is 0 Å². The van der Waals surface area contributed by atoms with Gasteiger partial charge in [-0.2, -0.15) is 0 Å². The van der Waals surface area contributed by atoms with Crippen molar-refractivity contribution in [1.82, 2.24) is 10.2 Å². The number of halogens is 1. The molecule has 0 bridgehead atoms. The van der Waals surface area contributed by atoms with Crippen LogP contribution in [-0.2, 0) is 9.59 Å². The van der Waals surface area contributed by atoms with E-state index in [9.17, 15) is 14.4 Å². The highest BCUT2D eigenvalue weighted by Crippen LogP contribution is 2.17. The first-order valence-electron chi connectivity index (χ1n) is 7.79. The summed E-state index contributed by atoms with van der Waals surface area (Å²) in [5.41, 5.74) is 7.56.